The van der Waals surface area contributed by atoms with Crippen LogP contribution in [0.3, 0.4) is 0 Å². The van der Waals surface area contributed by atoms with Gasteiger partial charge >= 0.3 is 0 Å². The molecule has 1 aromatic heterocycles. The lowest BCUT2D eigenvalue weighted by Crippen LogP contribution is -1.96. The van der Waals surface area contributed by atoms with Crippen LogP contribution in [0.25, 0.3) is 0 Å². The first-order chi connectivity index (χ1) is 8.19. The molecule has 1 heterocycles. The Hall–Kier alpha value is -1.07. The van der Waals surface area contributed by atoms with E-state index in [0.717, 1.165) is 26.3 Å². The third-order valence-electron chi connectivity index (χ3n) is 2.14. The molecular formula is C12H10Br2N2O. The summed E-state index contributed by atoms with van der Waals surface area (Å²) in [6, 6.07) is 11.5. The fraction of sp³-hybridized carbons (Fsp3) is 0.0833. The smallest absolute Gasteiger partial charge is 0.142 e. The monoisotopic (exact) mass is 356 g/mol. The number of methoxy groups -OCH3 is 1. The van der Waals surface area contributed by atoms with Crippen LogP contribution in [-0.2, 0) is 0 Å². The summed E-state index contributed by atoms with van der Waals surface area (Å²) in [5.41, 5.74) is 0.868. The van der Waals surface area contributed by atoms with Crippen LogP contribution in [0, 0.1) is 0 Å². The second-order valence-electron chi connectivity index (χ2n) is 3.32. The zero-order valence-electron chi connectivity index (χ0n) is 9.08. The molecule has 17 heavy (non-hydrogen) atoms. The first-order valence-corrected chi connectivity index (χ1v) is 6.51. The minimum Gasteiger partial charge on any atom is -0.495 e. The van der Waals surface area contributed by atoms with Crippen molar-refractivity contribution in [2.75, 3.05) is 12.4 Å². The van der Waals surface area contributed by atoms with Gasteiger partial charge in [0.05, 0.1) is 12.8 Å². The lowest BCUT2D eigenvalue weighted by atomic mass is 10.3. The largest absolute Gasteiger partial charge is 0.495 e. The molecule has 2 rings (SSSR count). The van der Waals surface area contributed by atoms with E-state index in [9.17, 15) is 0 Å². The van der Waals surface area contributed by atoms with Gasteiger partial charge in [-0.15, -0.1) is 0 Å². The minimum absolute atomic E-state index is 0.760. The third kappa shape index (κ3) is 3.20. The topological polar surface area (TPSA) is 34.1 Å². The van der Waals surface area contributed by atoms with Gasteiger partial charge in [-0.05, 0) is 46.3 Å². The Morgan fingerprint density at radius 1 is 1.18 bits per heavy atom. The summed E-state index contributed by atoms with van der Waals surface area (Å²) in [5.74, 6) is 1.53. The quantitative estimate of drug-likeness (QED) is 0.828. The van der Waals surface area contributed by atoms with Crippen LogP contribution in [0.1, 0.15) is 0 Å². The summed E-state index contributed by atoms with van der Waals surface area (Å²) in [6.45, 7) is 0. The minimum atomic E-state index is 0.760. The number of ether oxygens (including phenoxy) is 1. The molecule has 0 saturated carbocycles. The average molecular weight is 358 g/mol. The van der Waals surface area contributed by atoms with Crippen molar-refractivity contribution in [3.63, 3.8) is 0 Å². The maximum Gasteiger partial charge on any atom is 0.142 e. The van der Waals surface area contributed by atoms with Gasteiger partial charge in [0.25, 0.3) is 0 Å². The predicted molar refractivity (Wildman–Crippen MR) is 75.9 cm³/mol. The van der Waals surface area contributed by atoms with Crippen LogP contribution in [0.2, 0.25) is 0 Å². The molecule has 0 aliphatic rings. The number of pyridine rings is 1. The van der Waals surface area contributed by atoms with Gasteiger partial charge in [-0.1, -0.05) is 22.0 Å². The van der Waals surface area contributed by atoms with Gasteiger partial charge < -0.3 is 10.1 Å². The number of nitrogens with zero attached hydrogens (tertiary/aromatic N) is 1. The molecule has 0 unspecified atom stereocenters. The molecular weight excluding hydrogens is 348 g/mol. The Kier molecular flexibility index (Phi) is 4.02. The van der Waals surface area contributed by atoms with Crippen molar-refractivity contribution >= 4 is 43.4 Å². The zero-order valence-corrected chi connectivity index (χ0v) is 12.2. The molecule has 0 spiro atoms. The van der Waals surface area contributed by atoms with Crippen LogP contribution < -0.4 is 10.1 Å². The van der Waals surface area contributed by atoms with E-state index in [1.165, 1.54) is 0 Å². The molecule has 0 aliphatic heterocycles. The summed E-state index contributed by atoms with van der Waals surface area (Å²) >= 11 is 6.76. The summed E-state index contributed by atoms with van der Waals surface area (Å²) in [4.78, 5) is 4.31. The number of rotatable bonds is 3. The number of nitrogens with one attached hydrogen (secondary N) is 1. The third-order valence-corrected chi connectivity index (χ3v) is 3.07. The average Bonchev–Trinajstić information content (AvgIpc) is 2.29. The van der Waals surface area contributed by atoms with E-state index >= 15 is 0 Å². The Bertz CT molecular complexity index is 532. The second-order valence-corrected chi connectivity index (χ2v) is 5.04. The van der Waals surface area contributed by atoms with Crippen LogP contribution in [-0.4, -0.2) is 12.1 Å². The van der Waals surface area contributed by atoms with Crippen molar-refractivity contribution in [1.82, 2.24) is 4.98 Å². The summed E-state index contributed by atoms with van der Waals surface area (Å²) in [6.07, 6.45) is 0. The van der Waals surface area contributed by atoms with Crippen LogP contribution >= 0.6 is 31.9 Å². The van der Waals surface area contributed by atoms with Crippen molar-refractivity contribution in [3.05, 3.63) is 45.5 Å². The van der Waals surface area contributed by atoms with Gasteiger partial charge in [-0.25, -0.2) is 4.98 Å². The van der Waals surface area contributed by atoms with E-state index in [4.69, 9.17) is 4.74 Å². The highest BCUT2D eigenvalue weighted by molar-refractivity contribution is 9.10. The highest BCUT2D eigenvalue weighted by Gasteiger charge is 2.04. The van der Waals surface area contributed by atoms with E-state index in [1.54, 1.807) is 7.11 Å². The van der Waals surface area contributed by atoms with Gasteiger partial charge in [0.1, 0.15) is 16.2 Å². The molecule has 5 heteroatoms. The molecule has 2 aromatic rings. The molecule has 0 bridgehead atoms. The Labute approximate surface area is 116 Å². The number of benzene rings is 1. The Balaban J connectivity index is 2.32. The van der Waals surface area contributed by atoms with Crippen molar-refractivity contribution < 1.29 is 4.74 Å². The van der Waals surface area contributed by atoms with Gasteiger partial charge in [-0.3, -0.25) is 0 Å². The van der Waals surface area contributed by atoms with E-state index in [0.29, 0.717) is 0 Å². The summed E-state index contributed by atoms with van der Waals surface area (Å²) < 4.78 is 7.05. The number of hydrogen-bond acceptors (Lipinski definition) is 3. The van der Waals surface area contributed by atoms with Gasteiger partial charge in [0, 0.05) is 4.47 Å². The standard InChI is InChI=1S/C12H10Br2N2O/c1-17-10-6-5-8(13)7-9(10)15-12-4-2-3-11(14)16-12/h2-7H,1H3,(H,15,16). The van der Waals surface area contributed by atoms with Crippen molar-refractivity contribution in [3.8, 4) is 5.75 Å². The van der Waals surface area contributed by atoms with Crippen molar-refractivity contribution in [1.29, 1.82) is 0 Å². The maximum absolute atomic E-state index is 5.28. The lowest BCUT2D eigenvalue weighted by Gasteiger charge is -2.11. The SMILES string of the molecule is COc1ccc(Br)cc1Nc1cccc(Br)n1. The second kappa shape index (κ2) is 5.51. The molecule has 0 fully saturated rings. The number of anilines is 2. The molecule has 0 radical (unpaired) electrons. The molecule has 0 atom stereocenters. The Morgan fingerprint density at radius 3 is 2.71 bits per heavy atom. The molecule has 1 aromatic carbocycles. The van der Waals surface area contributed by atoms with Crippen molar-refractivity contribution in [2.24, 2.45) is 0 Å². The van der Waals surface area contributed by atoms with Crippen LogP contribution in [0.5, 0.6) is 5.75 Å². The van der Waals surface area contributed by atoms with Gasteiger partial charge in [-0.2, -0.15) is 0 Å². The lowest BCUT2D eigenvalue weighted by molar-refractivity contribution is 0.416. The molecule has 88 valence electrons. The van der Waals surface area contributed by atoms with E-state index in [-0.39, 0.29) is 0 Å². The predicted octanol–water partition coefficient (Wildman–Crippen LogP) is 4.36. The maximum atomic E-state index is 5.28. The van der Waals surface area contributed by atoms with Crippen molar-refractivity contribution in [2.45, 2.75) is 0 Å². The highest BCUT2D eigenvalue weighted by Crippen LogP contribution is 2.30. The first kappa shape index (κ1) is 12.4. The molecule has 3 nitrogen and oxygen atoms in total. The highest BCUT2D eigenvalue weighted by atomic mass is 79.9. The molecule has 1 N–H and O–H groups in total. The fourth-order valence-corrected chi connectivity index (χ4v) is 2.10. The first-order valence-electron chi connectivity index (χ1n) is 4.92. The zero-order chi connectivity index (χ0) is 12.3. The van der Waals surface area contributed by atoms with E-state index in [2.05, 4.69) is 42.2 Å². The number of aromatic nitrogens is 1. The molecule has 0 saturated heterocycles. The summed E-state index contributed by atoms with van der Waals surface area (Å²) in [5, 5.41) is 3.21. The van der Waals surface area contributed by atoms with Crippen LogP contribution in [0.15, 0.2) is 45.5 Å². The van der Waals surface area contributed by atoms with Gasteiger partial charge in [0.2, 0.25) is 0 Å². The molecule has 0 amide bonds. The number of halogens is 2. The molecule has 0 aliphatic carbocycles. The normalized spacial score (nSPS) is 10.1. The van der Waals surface area contributed by atoms with Crippen LogP contribution in [0.4, 0.5) is 11.5 Å². The van der Waals surface area contributed by atoms with Gasteiger partial charge in [0.15, 0.2) is 0 Å². The summed E-state index contributed by atoms with van der Waals surface area (Å²) in [7, 11) is 1.64. The van der Waals surface area contributed by atoms with E-state index < -0.39 is 0 Å². The fourth-order valence-electron chi connectivity index (χ4n) is 1.39. The number of hydrogen-bond donors (Lipinski definition) is 1. The van der Waals surface area contributed by atoms with E-state index in [1.807, 2.05) is 36.4 Å². The Morgan fingerprint density at radius 2 is 2.00 bits per heavy atom.